The molecule has 0 aliphatic rings. The molecule has 1 unspecified atom stereocenters. The lowest BCUT2D eigenvalue weighted by atomic mass is 9.90. The van der Waals surface area contributed by atoms with Crippen LogP contribution in [0.2, 0.25) is 0 Å². The molecule has 0 fully saturated rings. The van der Waals surface area contributed by atoms with E-state index in [-0.39, 0.29) is 23.1 Å². The van der Waals surface area contributed by atoms with E-state index in [9.17, 15) is 9.59 Å². The van der Waals surface area contributed by atoms with E-state index in [2.05, 4.69) is 24.3 Å². The van der Waals surface area contributed by atoms with Gasteiger partial charge in [0.25, 0.3) is 11.5 Å². The maximum Gasteiger partial charge on any atom is 0.274 e. The summed E-state index contributed by atoms with van der Waals surface area (Å²) >= 11 is 0. The van der Waals surface area contributed by atoms with Gasteiger partial charge in [0.15, 0.2) is 5.69 Å². The summed E-state index contributed by atoms with van der Waals surface area (Å²) in [7, 11) is 0. The third kappa shape index (κ3) is 4.49. The molecule has 26 heavy (non-hydrogen) atoms. The first-order valence-electron chi connectivity index (χ1n) is 9.19. The average Bonchev–Trinajstić information content (AvgIpc) is 2.56. The fourth-order valence-corrected chi connectivity index (χ4v) is 3.29. The lowest BCUT2D eigenvalue weighted by Crippen LogP contribution is -2.52. The molecule has 1 aromatic heterocycles. The van der Waals surface area contributed by atoms with Crippen molar-refractivity contribution in [3.8, 4) is 0 Å². The van der Waals surface area contributed by atoms with Crippen molar-refractivity contribution in [1.82, 2.24) is 15.1 Å². The maximum absolute atomic E-state index is 13.0. The van der Waals surface area contributed by atoms with Crippen molar-refractivity contribution in [3.05, 3.63) is 40.3 Å². The van der Waals surface area contributed by atoms with E-state index in [0.717, 1.165) is 6.42 Å². The standard InChI is InChI=1S/C20H30N4O2/c1-13(2)10-20(5,12-21)22-18(25)17-15-8-6-7-9-16(15)19(26)24(23-17)11-14(3)4/h6-9,13-14H,10-12,21H2,1-5H3,(H,22,25). The first-order chi connectivity index (χ1) is 12.2. The van der Waals surface area contributed by atoms with Crippen LogP contribution in [0.5, 0.6) is 0 Å². The predicted octanol–water partition coefficient (Wildman–Crippen LogP) is 2.55. The number of amides is 1. The number of carbonyl (C=O) groups excluding carboxylic acids is 1. The Labute approximate surface area is 154 Å². The molecule has 6 nitrogen and oxygen atoms in total. The van der Waals surface area contributed by atoms with Gasteiger partial charge < -0.3 is 11.1 Å². The van der Waals surface area contributed by atoms with Gasteiger partial charge in [0.1, 0.15) is 0 Å². The second-order valence-electron chi connectivity index (χ2n) is 8.09. The van der Waals surface area contributed by atoms with Crippen molar-refractivity contribution in [2.45, 2.75) is 53.1 Å². The van der Waals surface area contributed by atoms with Crippen molar-refractivity contribution in [2.75, 3.05) is 6.54 Å². The number of nitrogens with two attached hydrogens (primary N) is 1. The third-order valence-electron chi connectivity index (χ3n) is 4.35. The monoisotopic (exact) mass is 358 g/mol. The fourth-order valence-electron chi connectivity index (χ4n) is 3.29. The normalized spacial score (nSPS) is 14.0. The topological polar surface area (TPSA) is 90.0 Å². The second kappa shape index (κ2) is 7.99. The number of aromatic nitrogens is 2. The number of rotatable bonds is 7. The minimum Gasteiger partial charge on any atom is -0.344 e. The van der Waals surface area contributed by atoms with Crippen molar-refractivity contribution >= 4 is 16.7 Å². The SMILES string of the molecule is CC(C)Cn1nc(C(=O)NC(C)(CN)CC(C)C)c2ccccc2c1=O. The van der Waals surface area contributed by atoms with Gasteiger partial charge in [0.2, 0.25) is 0 Å². The Morgan fingerprint density at radius 2 is 1.81 bits per heavy atom. The summed E-state index contributed by atoms with van der Waals surface area (Å²) in [5, 5.41) is 8.51. The first-order valence-corrected chi connectivity index (χ1v) is 9.19. The molecule has 0 aliphatic carbocycles. The van der Waals surface area contributed by atoms with Gasteiger partial charge >= 0.3 is 0 Å². The minimum atomic E-state index is -0.521. The Kier molecular flexibility index (Phi) is 6.18. The summed E-state index contributed by atoms with van der Waals surface area (Å²) in [6.07, 6.45) is 0.763. The summed E-state index contributed by atoms with van der Waals surface area (Å²) in [4.78, 5) is 25.7. The van der Waals surface area contributed by atoms with Crippen LogP contribution in [0.1, 0.15) is 51.5 Å². The zero-order chi connectivity index (χ0) is 19.5. The van der Waals surface area contributed by atoms with Gasteiger partial charge in [-0.25, -0.2) is 4.68 Å². The molecule has 0 bridgehead atoms. The molecule has 1 atom stereocenters. The summed E-state index contributed by atoms with van der Waals surface area (Å²) < 4.78 is 1.39. The molecular formula is C20H30N4O2. The molecule has 1 amide bonds. The highest BCUT2D eigenvalue weighted by Gasteiger charge is 2.28. The van der Waals surface area contributed by atoms with Gasteiger partial charge in [-0.15, -0.1) is 0 Å². The van der Waals surface area contributed by atoms with Crippen molar-refractivity contribution in [2.24, 2.45) is 17.6 Å². The summed E-state index contributed by atoms with van der Waals surface area (Å²) in [5.41, 5.74) is 5.50. The zero-order valence-corrected chi connectivity index (χ0v) is 16.4. The molecule has 6 heteroatoms. The molecule has 0 aliphatic heterocycles. The van der Waals surface area contributed by atoms with E-state index in [1.165, 1.54) is 4.68 Å². The molecule has 3 N–H and O–H groups in total. The van der Waals surface area contributed by atoms with Gasteiger partial charge in [0, 0.05) is 18.5 Å². The van der Waals surface area contributed by atoms with Gasteiger partial charge in [-0.1, -0.05) is 45.9 Å². The molecule has 0 radical (unpaired) electrons. The molecule has 0 saturated heterocycles. The van der Waals surface area contributed by atoms with Crippen LogP contribution >= 0.6 is 0 Å². The van der Waals surface area contributed by atoms with Crippen molar-refractivity contribution < 1.29 is 4.79 Å². The van der Waals surface area contributed by atoms with Gasteiger partial charge in [0.05, 0.1) is 10.9 Å². The Morgan fingerprint density at radius 3 is 2.35 bits per heavy atom. The van der Waals surface area contributed by atoms with Crippen molar-refractivity contribution in [1.29, 1.82) is 0 Å². The quantitative estimate of drug-likeness (QED) is 0.796. The molecular weight excluding hydrogens is 328 g/mol. The Bertz CT molecular complexity index is 841. The second-order valence-corrected chi connectivity index (χ2v) is 8.09. The van der Waals surface area contributed by atoms with Crippen LogP contribution in [0.4, 0.5) is 0 Å². The lowest BCUT2D eigenvalue weighted by Gasteiger charge is -2.31. The molecule has 142 valence electrons. The van der Waals surface area contributed by atoms with Crippen LogP contribution in [0.3, 0.4) is 0 Å². The third-order valence-corrected chi connectivity index (χ3v) is 4.35. The number of carbonyl (C=O) groups is 1. The van der Waals surface area contributed by atoms with E-state index < -0.39 is 5.54 Å². The average molecular weight is 358 g/mol. The Balaban J connectivity index is 2.52. The smallest absolute Gasteiger partial charge is 0.274 e. The summed E-state index contributed by atoms with van der Waals surface area (Å²) in [6.45, 7) is 10.9. The largest absolute Gasteiger partial charge is 0.344 e. The Morgan fingerprint density at radius 1 is 1.19 bits per heavy atom. The number of hydrogen-bond donors (Lipinski definition) is 2. The number of nitrogens with zero attached hydrogens (tertiary/aromatic N) is 2. The van der Waals surface area contributed by atoms with Crippen molar-refractivity contribution in [3.63, 3.8) is 0 Å². The minimum absolute atomic E-state index is 0.172. The molecule has 1 aromatic carbocycles. The van der Waals surface area contributed by atoms with Gasteiger partial charge in [-0.05, 0) is 31.2 Å². The molecule has 0 saturated carbocycles. The fraction of sp³-hybridized carbons (Fsp3) is 0.550. The molecule has 2 rings (SSSR count). The number of nitrogens with one attached hydrogen (secondary N) is 1. The molecule has 0 spiro atoms. The van der Waals surface area contributed by atoms with Crippen LogP contribution < -0.4 is 16.6 Å². The highest BCUT2D eigenvalue weighted by molar-refractivity contribution is 6.05. The summed E-state index contributed by atoms with van der Waals surface area (Å²) in [6, 6.07) is 7.11. The zero-order valence-electron chi connectivity index (χ0n) is 16.4. The highest BCUT2D eigenvalue weighted by atomic mass is 16.2. The van der Waals surface area contributed by atoms with Crippen LogP contribution in [-0.2, 0) is 6.54 Å². The highest BCUT2D eigenvalue weighted by Crippen LogP contribution is 2.18. The molecule has 2 aromatic rings. The summed E-state index contributed by atoms with van der Waals surface area (Å²) in [5.74, 6) is 0.336. The van der Waals surface area contributed by atoms with Gasteiger partial charge in [-0.2, -0.15) is 5.10 Å². The number of benzene rings is 1. The van der Waals surface area contributed by atoms with Gasteiger partial charge in [-0.3, -0.25) is 9.59 Å². The number of fused-ring (bicyclic) bond motifs is 1. The van der Waals surface area contributed by atoms with Crippen LogP contribution in [-0.4, -0.2) is 27.8 Å². The lowest BCUT2D eigenvalue weighted by molar-refractivity contribution is 0.0892. The Hall–Kier alpha value is -2.21. The van der Waals surface area contributed by atoms with Crippen LogP contribution in [0, 0.1) is 11.8 Å². The van der Waals surface area contributed by atoms with E-state index in [1.807, 2.05) is 26.8 Å². The molecule has 1 heterocycles. The predicted molar refractivity (Wildman–Crippen MR) is 105 cm³/mol. The number of hydrogen-bond acceptors (Lipinski definition) is 4. The first kappa shape index (κ1) is 20.1. The van der Waals surface area contributed by atoms with E-state index in [1.54, 1.807) is 18.2 Å². The van der Waals surface area contributed by atoms with Crippen LogP contribution in [0.25, 0.3) is 10.8 Å². The van der Waals surface area contributed by atoms with E-state index >= 15 is 0 Å². The van der Waals surface area contributed by atoms with E-state index in [4.69, 9.17) is 5.73 Å². The van der Waals surface area contributed by atoms with Crippen LogP contribution in [0.15, 0.2) is 29.1 Å². The van der Waals surface area contributed by atoms with E-state index in [0.29, 0.717) is 29.8 Å². The maximum atomic E-state index is 13.0.